The molecule has 0 saturated heterocycles. The molecule has 5 heteroatoms. The Morgan fingerprint density at radius 1 is 1.29 bits per heavy atom. The van der Waals surface area contributed by atoms with Crippen LogP contribution in [-0.4, -0.2) is 38.9 Å². The van der Waals surface area contributed by atoms with Crippen LogP contribution in [0.1, 0.15) is 12.6 Å². The van der Waals surface area contributed by atoms with Gasteiger partial charge in [0, 0.05) is 12.4 Å². The van der Waals surface area contributed by atoms with Gasteiger partial charge in [0.05, 0.1) is 24.4 Å². The van der Waals surface area contributed by atoms with Gasteiger partial charge in [0.1, 0.15) is 5.82 Å². The van der Waals surface area contributed by atoms with Crippen molar-refractivity contribution < 1.29 is 10.2 Å². The van der Waals surface area contributed by atoms with Crippen molar-refractivity contribution in [1.82, 2.24) is 9.97 Å². The van der Waals surface area contributed by atoms with Crippen LogP contribution in [0.4, 0.5) is 5.82 Å². The van der Waals surface area contributed by atoms with E-state index in [0.717, 1.165) is 5.69 Å². The highest BCUT2D eigenvalue weighted by atomic mass is 16.3. The molecule has 0 aromatic carbocycles. The number of hydrogen-bond acceptors (Lipinski definition) is 5. The molecule has 1 aromatic heterocycles. The molecule has 0 unspecified atom stereocenters. The number of nitrogens with one attached hydrogen (secondary N) is 1. The monoisotopic (exact) mass is 197 g/mol. The average molecular weight is 197 g/mol. The summed E-state index contributed by atoms with van der Waals surface area (Å²) in [5, 5.41) is 21.1. The summed E-state index contributed by atoms with van der Waals surface area (Å²) in [6.45, 7) is 3.19. The molecule has 78 valence electrons. The Hall–Kier alpha value is -1.20. The zero-order chi connectivity index (χ0) is 10.6. The fourth-order valence-electron chi connectivity index (χ4n) is 0.945. The molecule has 0 radical (unpaired) electrons. The van der Waals surface area contributed by atoms with Crippen molar-refractivity contribution in [2.24, 2.45) is 0 Å². The maximum Gasteiger partial charge on any atom is 0.148 e. The molecule has 0 fully saturated rings. The van der Waals surface area contributed by atoms with Crippen LogP contribution < -0.4 is 5.32 Å². The molecular formula is C9H15N3O2. The summed E-state index contributed by atoms with van der Waals surface area (Å²) >= 11 is 0. The van der Waals surface area contributed by atoms with E-state index in [1.54, 1.807) is 19.3 Å². The van der Waals surface area contributed by atoms with E-state index in [0.29, 0.717) is 5.82 Å². The van der Waals surface area contributed by atoms with Gasteiger partial charge in [-0.25, -0.2) is 4.98 Å². The van der Waals surface area contributed by atoms with E-state index in [1.165, 1.54) is 0 Å². The predicted molar refractivity (Wildman–Crippen MR) is 53.0 cm³/mol. The summed E-state index contributed by atoms with van der Waals surface area (Å²) in [7, 11) is 0. The van der Waals surface area contributed by atoms with Crippen molar-refractivity contribution in [3.8, 4) is 0 Å². The molecule has 0 bridgehead atoms. The number of aliphatic hydroxyl groups is 2. The Morgan fingerprint density at radius 2 is 1.86 bits per heavy atom. The maximum absolute atomic E-state index is 9.07. The SMILES string of the molecule is Cc1nccnc1NC(C)(CO)CO. The third-order valence-electron chi connectivity index (χ3n) is 2.00. The van der Waals surface area contributed by atoms with Crippen LogP contribution in [0.2, 0.25) is 0 Å². The van der Waals surface area contributed by atoms with E-state index in [1.807, 2.05) is 6.92 Å². The Labute approximate surface area is 82.8 Å². The number of aromatic nitrogens is 2. The van der Waals surface area contributed by atoms with E-state index in [4.69, 9.17) is 10.2 Å². The minimum absolute atomic E-state index is 0.167. The van der Waals surface area contributed by atoms with Gasteiger partial charge in [0.2, 0.25) is 0 Å². The van der Waals surface area contributed by atoms with Crippen LogP contribution in [0.3, 0.4) is 0 Å². The molecule has 0 saturated carbocycles. The van der Waals surface area contributed by atoms with Gasteiger partial charge >= 0.3 is 0 Å². The molecular weight excluding hydrogens is 182 g/mol. The fraction of sp³-hybridized carbons (Fsp3) is 0.556. The molecule has 1 heterocycles. The van der Waals surface area contributed by atoms with Crippen LogP contribution in [0.25, 0.3) is 0 Å². The summed E-state index contributed by atoms with van der Waals surface area (Å²) in [5.74, 6) is 0.582. The Balaban J connectivity index is 2.82. The topological polar surface area (TPSA) is 78.3 Å². The van der Waals surface area contributed by atoms with Crippen LogP contribution in [0, 0.1) is 6.92 Å². The zero-order valence-electron chi connectivity index (χ0n) is 8.36. The van der Waals surface area contributed by atoms with Gasteiger partial charge in [-0.15, -0.1) is 0 Å². The third kappa shape index (κ3) is 2.40. The number of aryl methyl sites for hydroxylation is 1. The lowest BCUT2D eigenvalue weighted by molar-refractivity contribution is 0.147. The largest absolute Gasteiger partial charge is 0.394 e. The number of aliphatic hydroxyl groups excluding tert-OH is 2. The van der Waals surface area contributed by atoms with Crippen molar-refractivity contribution >= 4 is 5.82 Å². The van der Waals surface area contributed by atoms with Crippen LogP contribution in [0.5, 0.6) is 0 Å². The lowest BCUT2D eigenvalue weighted by Crippen LogP contribution is -2.43. The summed E-state index contributed by atoms with van der Waals surface area (Å²) in [4.78, 5) is 8.11. The molecule has 0 spiro atoms. The second-order valence-electron chi connectivity index (χ2n) is 3.49. The molecule has 0 amide bonds. The number of anilines is 1. The first-order valence-corrected chi connectivity index (χ1v) is 4.39. The smallest absolute Gasteiger partial charge is 0.148 e. The normalized spacial score (nSPS) is 11.4. The molecule has 1 rings (SSSR count). The van der Waals surface area contributed by atoms with Crippen LogP contribution in [0.15, 0.2) is 12.4 Å². The number of hydrogen-bond donors (Lipinski definition) is 3. The molecule has 0 atom stereocenters. The quantitative estimate of drug-likeness (QED) is 0.630. The number of nitrogens with zero attached hydrogens (tertiary/aromatic N) is 2. The van der Waals surface area contributed by atoms with Gasteiger partial charge in [-0.3, -0.25) is 4.98 Å². The lowest BCUT2D eigenvalue weighted by Gasteiger charge is -2.27. The molecule has 3 N–H and O–H groups in total. The summed E-state index contributed by atoms with van der Waals surface area (Å²) < 4.78 is 0. The van der Waals surface area contributed by atoms with E-state index in [9.17, 15) is 0 Å². The van der Waals surface area contributed by atoms with Crippen LogP contribution >= 0.6 is 0 Å². The molecule has 5 nitrogen and oxygen atoms in total. The van der Waals surface area contributed by atoms with Crippen molar-refractivity contribution in [3.05, 3.63) is 18.1 Å². The Morgan fingerprint density at radius 3 is 2.36 bits per heavy atom. The van der Waals surface area contributed by atoms with E-state index in [2.05, 4.69) is 15.3 Å². The van der Waals surface area contributed by atoms with E-state index >= 15 is 0 Å². The highest BCUT2D eigenvalue weighted by Crippen LogP contribution is 2.13. The van der Waals surface area contributed by atoms with Crippen molar-refractivity contribution in [2.75, 3.05) is 18.5 Å². The highest BCUT2D eigenvalue weighted by Gasteiger charge is 2.23. The van der Waals surface area contributed by atoms with Crippen LogP contribution in [-0.2, 0) is 0 Å². The van der Waals surface area contributed by atoms with Gasteiger partial charge in [0.15, 0.2) is 0 Å². The molecule has 0 aliphatic carbocycles. The van der Waals surface area contributed by atoms with Gasteiger partial charge in [-0.2, -0.15) is 0 Å². The molecule has 14 heavy (non-hydrogen) atoms. The molecule has 0 aliphatic heterocycles. The minimum atomic E-state index is -0.763. The second kappa shape index (κ2) is 4.34. The lowest BCUT2D eigenvalue weighted by atomic mass is 10.1. The second-order valence-corrected chi connectivity index (χ2v) is 3.49. The predicted octanol–water partition coefficient (Wildman–Crippen LogP) is -0.0598. The Kier molecular flexibility index (Phi) is 3.38. The highest BCUT2D eigenvalue weighted by molar-refractivity contribution is 5.41. The first kappa shape index (κ1) is 10.9. The average Bonchev–Trinajstić information content (AvgIpc) is 2.21. The van der Waals surface area contributed by atoms with Gasteiger partial charge < -0.3 is 15.5 Å². The first-order valence-electron chi connectivity index (χ1n) is 4.39. The van der Waals surface area contributed by atoms with Gasteiger partial charge in [-0.05, 0) is 13.8 Å². The first-order chi connectivity index (χ1) is 6.61. The standard InChI is InChI=1S/C9H15N3O2/c1-7-8(11-4-3-10-7)12-9(2,5-13)6-14/h3-4,13-14H,5-6H2,1-2H3,(H,11,12). The summed E-state index contributed by atoms with van der Waals surface area (Å²) in [6, 6.07) is 0. The number of rotatable bonds is 4. The summed E-state index contributed by atoms with van der Waals surface area (Å²) in [5.41, 5.74) is -0.0264. The van der Waals surface area contributed by atoms with Gasteiger partial charge in [0.25, 0.3) is 0 Å². The Bertz CT molecular complexity index is 300. The fourth-order valence-corrected chi connectivity index (χ4v) is 0.945. The third-order valence-corrected chi connectivity index (χ3v) is 2.00. The minimum Gasteiger partial charge on any atom is -0.394 e. The van der Waals surface area contributed by atoms with Crippen molar-refractivity contribution in [1.29, 1.82) is 0 Å². The molecule has 0 aliphatic rings. The van der Waals surface area contributed by atoms with Gasteiger partial charge in [-0.1, -0.05) is 0 Å². The summed E-state index contributed by atoms with van der Waals surface area (Å²) in [6.07, 6.45) is 3.15. The van der Waals surface area contributed by atoms with Crippen molar-refractivity contribution in [3.63, 3.8) is 0 Å². The maximum atomic E-state index is 9.07. The van der Waals surface area contributed by atoms with Crippen molar-refractivity contribution in [2.45, 2.75) is 19.4 Å². The van der Waals surface area contributed by atoms with E-state index in [-0.39, 0.29) is 13.2 Å². The van der Waals surface area contributed by atoms with E-state index < -0.39 is 5.54 Å². The molecule has 1 aromatic rings. The zero-order valence-corrected chi connectivity index (χ0v) is 8.36.